The third kappa shape index (κ3) is 4.79. The molecule has 2 rings (SSSR count). The van der Waals surface area contributed by atoms with E-state index in [1.54, 1.807) is 0 Å². The molecule has 1 amide bonds. The Hall–Kier alpha value is -0.460. The number of piperidine rings is 1. The molecule has 5 nitrogen and oxygen atoms in total. The van der Waals surface area contributed by atoms with Crippen LogP contribution in [0.1, 0.15) is 73.6 Å². The Labute approximate surface area is 150 Å². The minimum Gasteiger partial charge on any atom is -0.598 e. The van der Waals surface area contributed by atoms with Crippen molar-refractivity contribution in [3.05, 3.63) is 0 Å². The van der Waals surface area contributed by atoms with Crippen molar-refractivity contribution in [2.75, 3.05) is 13.1 Å². The van der Waals surface area contributed by atoms with Crippen LogP contribution in [0.2, 0.25) is 0 Å². The smallest absolute Gasteiger partial charge is 0.410 e. The molecule has 0 aromatic heterocycles. The molecule has 1 aliphatic heterocycles. The van der Waals surface area contributed by atoms with E-state index in [-0.39, 0.29) is 16.3 Å². The Balaban J connectivity index is 1.94. The second-order valence-corrected chi connectivity index (χ2v) is 11.3. The van der Waals surface area contributed by atoms with Crippen LogP contribution >= 0.6 is 0 Å². The summed E-state index contributed by atoms with van der Waals surface area (Å²) in [7, 11) is 0. The Bertz CT molecular complexity index is 448. The zero-order valence-electron chi connectivity index (χ0n) is 16.1. The number of amides is 1. The molecule has 6 heteroatoms. The number of hydrogen-bond donors (Lipinski definition) is 1. The van der Waals surface area contributed by atoms with Gasteiger partial charge in [0.15, 0.2) is 0 Å². The lowest BCUT2D eigenvalue weighted by Crippen LogP contribution is -2.54. The largest absolute Gasteiger partial charge is 0.598 e. The lowest BCUT2D eigenvalue weighted by Gasteiger charge is -2.43. The molecule has 2 aliphatic rings. The molecule has 2 fully saturated rings. The van der Waals surface area contributed by atoms with Crippen LogP contribution in [0.5, 0.6) is 0 Å². The van der Waals surface area contributed by atoms with E-state index in [2.05, 4.69) is 4.72 Å². The lowest BCUT2D eigenvalue weighted by atomic mass is 9.74. The summed E-state index contributed by atoms with van der Waals surface area (Å²) < 4.78 is 21.1. The zero-order chi connectivity index (χ0) is 18.2. The molecule has 0 aromatic carbocycles. The molecule has 2 atom stereocenters. The van der Waals surface area contributed by atoms with Gasteiger partial charge < -0.3 is 14.2 Å². The molecule has 1 saturated carbocycles. The number of carbonyl (C=O) groups excluding carboxylic acids is 1. The van der Waals surface area contributed by atoms with E-state index in [0.29, 0.717) is 6.04 Å². The van der Waals surface area contributed by atoms with Crippen LogP contribution in [0.3, 0.4) is 0 Å². The molecular formula is C18H34N2O3S. The standard InChI is InChI=1S/C18H34N2O3S/c1-16(2,3)23-15(21)20-12-10-18(11-13-20)9-7-8-14(18)19-24(22)17(4,5)6/h14,19H,7-13H2,1-6H3/t14-,24-/m0/s1. The fourth-order valence-corrected chi connectivity index (χ4v) is 4.67. The third-order valence-corrected chi connectivity index (χ3v) is 6.73. The predicted molar refractivity (Wildman–Crippen MR) is 98.1 cm³/mol. The van der Waals surface area contributed by atoms with Gasteiger partial charge in [0, 0.05) is 24.5 Å². The van der Waals surface area contributed by atoms with Crippen molar-refractivity contribution in [3.63, 3.8) is 0 Å². The molecule has 0 radical (unpaired) electrons. The summed E-state index contributed by atoms with van der Waals surface area (Å²) in [6, 6.07) is 0.290. The van der Waals surface area contributed by atoms with Crippen LogP contribution in [-0.2, 0) is 16.1 Å². The zero-order valence-corrected chi connectivity index (χ0v) is 16.9. The van der Waals surface area contributed by atoms with Crippen LogP contribution in [0.25, 0.3) is 0 Å². The van der Waals surface area contributed by atoms with Crippen molar-refractivity contribution >= 4 is 17.5 Å². The van der Waals surface area contributed by atoms with Gasteiger partial charge in [0.2, 0.25) is 0 Å². The number of nitrogens with one attached hydrogen (secondary N) is 1. The highest BCUT2D eigenvalue weighted by atomic mass is 32.2. The summed E-state index contributed by atoms with van der Waals surface area (Å²) in [5, 5.41) is 0. The first kappa shape index (κ1) is 19.9. The third-order valence-electron chi connectivity index (χ3n) is 5.12. The molecule has 1 heterocycles. The number of carbonyl (C=O) groups is 1. The van der Waals surface area contributed by atoms with E-state index in [0.717, 1.165) is 38.8 Å². The minimum absolute atomic E-state index is 0.180. The van der Waals surface area contributed by atoms with Crippen molar-refractivity contribution in [1.82, 2.24) is 9.62 Å². The monoisotopic (exact) mass is 358 g/mol. The summed E-state index contributed by atoms with van der Waals surface area (Å²) in [4.78, 5) is 14.1. The first-order chi connectivity index (χ1) is 10.9. The Kier molecular flexibility index (Phi) is 5.83. The molecule has 1 spiro atoms. The quantitative estimate of drug-likeness (QED) is 0.766. The summed E-state index contributed by atoms with van der Waals surface area (Å²) in [6.07, 6.45) is 5.13. The van der Waals surface area contributed by atoms with Gasteiger partial charge in [0.1, 0.15) is 10.3 Å². The van der Waals surface area contributed by atoms with Gasteiger partial charge in [-0.25, -0.2) is 4.79 Å². The van der Waals surface area contributed by atoms with Gasteiger partial charge in [0.05, 0.1) is 6.04 Å². The van der Waals surface area contributed by atoms with Crippen molar-refractivity contribution in [3.8, 4) is 0 Å². The molecule has 1 N–H and O–H groups in total. The second kappa shape index (κ2) is 7.04. The maximum atomic E-state index is 12.5. The average Bonchev–Trinajstić information content (AvgIpc) is 2.79. The summed E-state index contributed by atoms with van der Waals surface area (Å²) in [6.45, 7) is 13.2. The highest BCUT2D eigenvalue weighted by molar-refractivity contribution is 7.90. The summed E-state index contributed by atoms with van der Waals surface area (Å²) in [5.41, 5.74) is -0.271. The van der Waals surface area contributed by atoms with E-state index >= 15 is 0 Å². The highest BCUT2D eigenvalue weighted by Crippen LogP contribution is 2.47. The van der Waals surface area contributed by atoms with E-state index < -0.39 is 17.0 Å². The molecule has 0 bridgehead atoms. The van der Waals surface area contributed by atoms with Crippen molar-refractivity contribution in [2.24, 2.45) is 5.41 Å². The summed E-state index contributed by atoms with van der Waals surface area (Å²) in [5.74, 6) is 0. The molecule has 1 saturated heterocycles. The van der Waals surface area contributed by atoms with Crippen LogP contribution in [-0.4, -0.2) is 45.0 Å². The lowest BCUT2D eigenvalue weighted by molar-refractivity contribution is 0.00818. The molecular weight excluding hydrogens is 324 g/mol. The first-order valence-electron chi connectivity index (χ1n) is 9.09. The van der Waals surface area contributed by atoms with Gasteiger partial charge >= 0.3 is 6.09 Å². The van der Waals surface area contributed by atoms with Crippen molar-refractivity contribution < 1.29 is 14.1 Å². The van der Waals surface area contributed by atoms with Gasteiger partial charge in [-0.3, -0.25) is 0 Å². The van der Waals surface area contributed by atoms with Gasteiger partial charge in [-0.15, -0.1) is 4.72 Å². The maximum Gasteiger partial charge on any atom is 0.410 e. The first-order valence-corrected chi connectivity index (χ1v) is 10.2. The van der Waals surface area contributed by atoms with Gasteiger partial charge in [0.25, 0.3) is 0 Å². The van der Waals surface area contributed by atoms with Crippen molar-refractivity contribution in [1.29, 1.82) is 0 Å². The number of rotatable bonds is 2. The van der Waals surface area contributed by atoms with Crippen molar-refractivity contribution in [2.45, 2.75) is 90.0 Å². The van der Waals surface area contributed by atoms with E-state index in [1.807, 2.05) is 46.4 Å². The normalized spacial score (nSPS) is 25.8. The number of nitrogens with zero attached hydrogens (tertiary/aromatic N) is 1. The number of hydrogen-bond acceptors (Lipinski definition) is 4. The van der Waals surface area contributed by atoms with E-state index in [4.69, 9.17) is 4.74 Å². The fourth-order valence-electron chi connectivity index (χ4n) is 3.69. The van der Waals surface area contributed by atoms with Crippen LogP contribution in [0.4, 0.5) is 4.79 Å². The Morgan fingerprint density at radius 3 is 2.25 bits per heavy atom. The van der Waals surface area contributed by atoms with Gasteiger partial charge in [-0.05, 0) is 72.6 Å². The Morgan fingerprint density at radius 2 is 1.75 bits per heavy atom. The molecule has 140 valence electrons. The summed E-state index contributed by atoms with van der Waals surface area (Å²) >= 11 is -1.04. The Morgan fingerprint density at radius 1 is 1.17 bits per heavy atom. The topological polar surface area (TPSA) is 64.6 Å². The van der Waals surface area contributed by atoms with Crippen LogP contribution in [0, 0.1) is 5.41 Å². The van der Waals surface area contributed by atoms with Crippen LogP contribution in [0.15, 0.2) is 0 Å². The maximum absolute atomic E-state index is 12.5. The highest BCUT2D eigenvalue weighted by Gasteiger charge is 2.48. The second-order valence-electron chi connectivity index (χ2n) is 9.27. The minimum atomic E-state index is -1.04. The molecule has 0 unspecified atom stereocenters. The predicted octanol–water partition coefficient (Wildman–Crippen LogP) is 3.61. The van der Waals surface area contributed by atoms with E-state index in [9.17, 15) is 9.35 Å². The fraction of sp³-hybridized carbons (Fsp3) is 0.944. The van der Waals surface area contributed by atoms with Gasteiger partial charge in [-0.1, -0.05) is 6.42 Å². The van der Waals surface area contributed by atoms with E-state index in [1.165, 1.54) is 6.42 Å². The van der Waals surface area contributed by atoms with Gasteiger partial charge in [-0.2, -0.15) is 0 Å². The number of ether oxygens (including phenoxy) is 1. The molecule has 0 aromatic rings. The molecule has 24 heavy (non-hydrogen) atoms. The SMILES string of the molecule is CC(C)(C)OC(=O)N1CCC2(CCC[C@@H]2N[S@@+]([O-])C(C)(C)C)CC1. The van der Waals surface area contributed by atoms with Crippen LogP contribution < -0.4 is 4.72 Å². The average molecular weight is 359 g/mol. The number of likely N-dealkylation sites (tertiary alicyclic amines) is 1. The molecule has 1 aliphatic carbocycles.